The van der Waals surface area contributed by atoms with Crippen LogP contribution in [0.5, 0.6) is 0 Å². The summed E-state index contributed by atoms with van der Waals surface area (Å²) in [6, 6.07) is 0. The van der Waals surface area contributed by atoms with Crippen molar-refractivity contribution >= 4 is 0 Å². The average molecular weight is 232 g/mol. The molecule has 2 aliphatic carbocycles. The Morgan fingerprint density at radius 1 is 1.29 bits per heavy atom. The standard InChI is InChI=1S/C17H28/c1-4-8-14-10-7-12-16-15(17(14)16)11-6-5-9-13(2)3/h4-5,9,13-17H,1,6-8,10-12H2,2-3H3/b9-5+. The number of fused-ring (bicyclic) bond motifs is 1. The molecule has 0 aromatic carbocycles. The lowest BCUT2D eigenvalue weighted by atomic mass is 9.86. The second-order valence-corrected chi connectivity index (χ2v) is 6.37. The summed E-state index contributed by atoms with van der Waals surface area (Å²) in [6.07, 6.45) is 15.3. The van der Waals surface area contributed by atoms with Gasteiger partial charge in [-0.2, -0.15) is 0 Å². The van der Waals surface area contributed by atoms with Gasteiger partial charge in [-0.05, 0) is 61.7 Å². The molecule has 0 spiro atoms. The van der Waals surface area contributed by atoms with Crippen LogP contribution in [0.2, 0.25) is 0 Å². The van der Waals surface area contributed by atoms with E-state index in [9.17, 15) is 0 Å². The quantitative estimate of drug-likeness (QED) is 0.551. The van der Waals surface area contributed by atoms with Gasteiger partial charge >= 0.3 is 0 Å². The summed E-state index contributed by atoms with van der Waals surface area (Å²) < 4.78 is 0. The second kappa shape index (κ2) is 5.89. The minimum atomic E-state index is 0.713. The summed E-state index contributed by atoms with van der Waals surface area (Å²) >= 11 is 0. The van der Waals surface area contributed by atoms with E-state index >= 15 is 0 Å². The van der Waals surface area contributed by atoms with E-state index in [1.807, 2.05) is 0 Å². The molecule has 0 heteroatoms. The minimum absolute atomic E-state index is 0.713. The predicted molar refractivity (Wildman–Crippen MR) is 75.8 cm³/mol. The van der Waals surface area contributed by atoms with Gasteiger partial charge in [-0.3, -0.25) is 0 Å². The molecule has 4 atom stereocenters. The van der Waals surface area contributed by atoms with Gasteiger partial charge in [0.25, 0.3) is 0 Å². The first-order valence-corrected chi connectivity index (χ1v) is 7.51. The number of allylic oxidation sites excluding steroid dienone is 3. The normalized spacial score (nSPS) is 36.2. The van der Waals surface area contributed by atoms with E-state index in [-0.39, 0.29) is 0 Å². The predicted octanol–water partition coefficient (Wildman–Crippen LogP) is 5.22. The molecule has 2 rings (SSSR count). The summed E-state index contributed by atoms with van der Waals surface area (Å²) in [5, 5.41) is 0. The Balaban J connectivity index is 1.74. The van der Waals surface area contributed by atoms with Crippen LogP contribution in [0, 0.1) is 29.6 Å². The zero-order chi connectivity index (χ0) is 12.3. The minimum Gasteiger partial charge on any atom is -0.103 e. The Labute approximate surface area is 107 Å². The Kier molecular flexibility index (Phi) is 4.48. The summed E-state index contributed by atoms with van der Waals surface area (Å²) in [5.74, 6) is 4.89. The molecule has 0 amide bonds. The van der Waals surface area contributed by atoms with Crippen molar-refractivity contribution in [2.75, 3.05) is 0 Å². The first kappa shape index (κ1) is 12.9. The van der Waals surface area contributed by atoms with Crippen molar-refractivity contribution < 1.29 is 0 Å². The molecule has 2 saturated carbocycles. The van der Waals surface area contributed by atoms with Crippen molar-refractivity contribution in [3.63, 3.8) is 0 Å². The third-order valence-electron chi connectivity index (χ3n) is 4.71. The van der Waals surface area contributed by atoms with Gasteiger partial charge in [0.2, 0.25) is 0 Å². The van der Waals surface area contributed by atoms with E-state index in [1.165, 1.54) is 38.5 Å². The summed E-state index contributed by atoms with van der Waals surface area (Å²) in [5.41, 5.74) is 0. The van der Waals surface area contributed by atoms with Crippen LogP contribution in [0.3, 0.4) is 0 Å². The molecular weight excluding hydrogens is 204 g/mol. The van der Waals surface area contributed by atoms with E-state index < -0.39 is 0 Å². The van der Waals surface area contributed by atoms with Gasteiger partial charge in [-0.1, -0.05) is 38.5 Å². The highest BCUT2D eigenvalue weighted by atomic mass is 14.6. The largest absolute Gasteiger partial charge is 0.103 e. The Bertz CT molecular complexity index is 274. The molecule has 0 bridgehead atoms. The summed E-state index contributed by atoms with van der Waals surface area (Å²) in [4.78, 5) is 0. The van der Waals surface area contributed by atoms with Crippen LogP contribution >= 0.6 is 0 Å². The molecule has 0 aromatic rings. The van der Waals surface area contributed by atoms with Crippen LogP contribution < -0.4 is 0 Å². The van der Waals surface area contributed by atoms with Crippen LogP contribution in [-0.4, -0.2) is 0 Å². The van der Waals surface area contributed by atoms with Crippen LogP contribution in [0.1, 0.15) is 52.4 Å². The van der Waals surface area contributed by atoms with Gasteiger partial charge in [0.1, 0.15) is 0 Å². The number of hydrogen-bond acceptors (Lipinski definition) is 0. The van der Waals surface area contributed by atoms with Crippen molar-refractivity contribution in [2.45, 2.75) is 52.4 Å². The highest BCUT2D eigenvalue weighted by Crippen LogP contribution is 2.60. The highest BCUT2D eigenvalue weighted by molar-refractivity contribution is 5.04. The Hall–Kier alpha value is -0.520. The first-order valence-electron chi connectivity index (χ1n) is 7.51. The van der Waals surface area contributed by atoms with Crippen molar-refractivity contribution in [1.82, 2.24) is 0 Å². The third kappa shape index (κ3) is 3.24. The molecule has 0 aromatic heterocycles. The SMILES string of the molecule is C=CCC1CCCC2C(CC/C=C/C(C)C)C12. The highest BCUT2D eigenvalue weighted by Gasteiger charge is 2.53. The fourth-order valence-corrected chi connectivity index (χ4v) is 3.94. The lowest BCUT2D eigenvalue weighted by Crippen LogP contribution is -2.08. The molecule has 0 radical (unpaired) electrons. The Morgan fingerprint density at radius 2 is 2.12 bits per heavy atom. The van der Waals surface area contributed by atoms with Crippen molar-refractivity contribution in [3.8, 4) is 0 Å². The zero-order valence-electron chi connectivity index (χ0n) is 11.6. The van der Waals surface area contributed by atoms with Crippen molar-refractivity contribution in [3.05, 3.63) is 24.8 Å². The summed E-state index contributed by atoms with van der Waals surface area (Å²) in [7, 11) is 0. The monoisotopic (exact) mass is 232 g/mol. The number of rotatable bonds is 6. The van der Waals surface area contributed by atoms with Gasteiger partial charge in [-0.25, -0.2) is 0 Å². The fourth-order valence-electron chi connectivity index (χ4n) is 3.94. The van der Waals surface area contributed by atoms with Crippen LogP contribution in [0.4, 0.5) is 0 Å². The zero-order valence-corrected chi connectivity index (χ0v) is 11.6. The van der Waals surface area contributed by atoms with Crippen molar-refractivity contribution in [2.24, 2.45) is 29.6 Å². The second-order valence-electron chi connectivity index (χ2n) is 6.37. The van der Waals surface area contributed by atoms with Crippen molar-refractivity contribution in [1.29, 1.82) is 0 Å². The maximum absolute atomic E-state index is 3.92. The van der Waals surface area contributed by atoms with Gasteiger partial charge in [0.15, 0.2) is 0 Å². The fraction of sp³-hybridized carbons (Fsp3) is 0.765. The molecule has 2 aliphatic rings. The lowest BCUT2D eigenvalue weighted by molar-refractivity contribution is 0.335. The number of hydrogen-bond donors (Lipinski definition) is 0. The molecule has 17 heavy (non-hydrogen) atoms. The van der Waals surface area contributed by atoms with Gasteiger partial charge < -0.3 is 0 Å². The van der Waals surface area contributed by atoms with E-state index in [0.717, 1.165) is 23.7 Å². The summed E-state index contributed by atoms with van der Waals surface area (Å²) in [6.45, 7) is 8.43. The van der Waals surface area contributed by atoms with Crippen LogP contribution in [0.25, 0.3) is 0 Å². The maximum Gasteiger partial charge on any atom is -0.0290 e. The van der Waals surface area contributed by atoms with Gasteiger partial charge in [-0.15, -0.1) is 6.58 Å². The van der Waals surface area contributed by atoms with E-state index in [1.54, 1.807) is 0 Å². The smallest absolute Gasteiger partial charge is 0.0290 e. The van der Waals surface area contributed by atoms with Gasteiger partial charge in [0.05, 0.1) is 0 Å². The molecule has 2 fully saturated rings. The average Bonchev–Trinajstić information content (AvgIpc) is 2.99. The molecule has 4 unspecified atom stereocenters. The lowest BCUT2D eigenvalue weighted by Gasteiger charge is -2.19. The Morgan fingerprint density at radius 3 is 2.82 bits per heavy atom. The van der Waals surface area contributed by atoms with E-state index in [0.29, 0.717) is 5.92 Å². The van der Waals surface area contributed by atoms with E-state index in [4.69, 9.17) is 0 Å². The topological polar surface area (TPSA) is 0 Å². The maximum atomic E-state index is 3.92. The van der Waals surface area contributed by atoms with Gasteiger partial charge in [0, 0.05) is 0 Å². The molecular formula is C17H28. The van der Waals surface area contributed by atoms with Crippen LogP contribution in [-0.2, 0) is 0 Å². The van der Waals surface area contributed by atoms with Crippen LogP contribution in [0.15, 0.2) is 24.8 Å². The molecule has 96 valence electrons. The molecule has 0 saturated heterocycles. The molecule has 0 heterocycles. The molecule has 0 N–H and O–H groups in total. The van der Waals surface area contributed by atoms with E-state index in [2.05, 4.69) is 38.7 Å². The molecule has 0 nitrogen and oxygen atoms in total. The third-order valence-corrected chi connectivity index (χ3v) is 4.71. The first-order chi connectivity index (χ1) is 8.24. The molecule has 0 aliphatic heterocycles.